The summed E-state index contributed by atoms with van der Waals surface area (Å²) < 4.78 is 11.3. The second kappa shape index (κ2) is 8.39. The maximum atomic E-state index is 6.08. The third-order valence-corrected chi connectivity index (χ3v) is 5.02. The Morgan fingerprint density at radius 2 is 1.90 bits per heavy atom. The molecule has 0 aromatic carbocycles. The maximum Gasteiger partial charge on any atom is 0.224 e. The molecule has 3 heterocycles. The third-order valence-electron chi connectivity index (χ3n) is 5.02. The fraction of sp³-hybridized carbons (Fsp3) is 0.304. The first-order valence-corrected chi connectivity index (χ1v) is 9.69. The Bertz CT molecular complexity index is 1000. The van der Waals surface area contributed by atoms with Crippen LogP contribution in [-0.2, 0) is 0 Å². The molecule has 29 heavy (non-hydrogen) atoms. The first-order valence-electron chi connectivity index (χ1n) is 9.69. The SMILES string of the molecule is COc1ccc([C@H]2CC2COc2nc(C)ncc2/C=C/c2ccc(C)nc2)nc1. The summed E-state index contributed by atoms with van der Waals surface area (Å²) in [6, 6.07) is 8.01. The van der Waals surface area contributed by atoms with Crippen LogP contribution in [0.15, 0.2) is 42.9 Å². The van der Waals surface area contributed by atoms with E-state index >= 15 is 0 Å². The Kier molecular flexibility index (Phi) is 5.51. The molecule has 0 N–H and O–H groups in total. The lowest BCUT2D eigenvalue weighted by molar-refractivity contribution is 0.283. The van der Waals surface area contributed by atoms with Crippen molar-refractivity contribution in [3.8, 4) is 11.6 Å². The number of ether oxygens (including phenoxy) is 2. The van der Waals surface area contributed by atoms with Gasteiger partial charge in [0.1, 0.15) is 11.6 Å². The van der Waals surface area contributed by atoms with Gasteiger partial charge in [0.2, 0.25) is 5.88 Å². The summed E-state index contributed by atoms with van der Waals surface area (Å²) in [6.45, 7) is 4.45. The molecule has 0 bridgehead atoms. The lowest BCUT2D eigenvalue weighted by atomic mass is 10.2. The van der Waals surface area contributed by atoms with E-state index in [1.807, 2.05) is 56.5 Å². The van der Waals surface area contributed by atoms with Crippen LogP contribution in [0.3, 0.4) is 0 Å². The normalized spacial score (nSPS) is 18.0. The van der Waals surface area contributed by atoms with E-state index in [0.29, 0.717) is 30.1 Å². The standard InChI is InChI=1S/C23H24N4O2/c1-15-4-5-17(11-24-15)6-7-18-12-25-16(2)27-23(18)29-14-19-10-21(19)22-9-8-20(28-3)13-26-22/h4-9,11-13,19,21H,10,14H2,1-3H3/b7-6+/t19?,21-/m0/s1. The third kappa shape index (κ3) is 4.77. The predicted octanol–water partition coefficient (Wildman–Crippen LogP) is 4.24. The maximum absolute atomic E-state index is 6.08. The highest BCUT2D eigenvalue weighted by Gasteiger charge is 2.40. The molecule has 6 nitrogen and oxygen atoms in total. The minimum atomic E-state index is 0.432. The average molecular weight is 388 g/mol. The van der Waals surface area contributed by atoms with Gasteiger partial charge in [-0.2, -0.15) is 4.98 Å². The molecule has 0 radical (unpaired) electrons. The van der Waals surface area contributed by atoms with Crippen molar-refractivity contribution < 1.29 is 9.47 Å². The monoisotopic (exact) mass is 388 g/mol. The zero-order chi connectivity index (χ0) is 20.2. The number of aryl methyl sites for hydroxylation is 2. The van der Waals surface area contributed by atoms with Crippen LogP contribution in [0, 0.1) is 19.8 Å². The van der Waals surface area contributed by atoms with Crippen LogP contribution >= 0.6 is 0 Å². The molecular formula is C23H24N4O2. The van der Waals surface area contributed by atoms with Crippen LogP contribution in [0.2, 0.25) is 0 Å². The highest BCUT2D eigenvalue weighted by Crippen LogP contribution is 2.47. The van der Waals surface area contributed by atoms with Crippen LogP contribution in [0.25, 0.3) is 12.2 Å². The lowest BCUT2D eigenvalue weighted by Crippen LogP contribution is -2.05. The summed E-state index contributed by atoms with van der Waals surface area (Å²) in [5.41, 5.74) is 3.96. The van der Waals surface area contributed by atoms with Crippen molar-refractivity contribution in [3.05, 3.63) is 71.2 Å². The second-order valence-corrected chi connectivity index (χ2v) is 7.28. The zero-order valence-corrected chi connectivity index (χ0v) is 16.9. The highest BCUT2D eigenvalue weighted by atomic mass is 16.5. The predicted molar refractivity (Wildman–Crippen MR) is 112 cm³/mol. The van der Waals surface area contributed by atoms with Crippen LogP contribution < -0.4 is 9.47 Å². The van der Waals surface area contributed by atoms with Crippen molar-refractivity contribution in [1.29, 1.82) is 0 Å². The van der Waals surface area contributed by atoms with Gasteiger partial charge in [-0.15, -0.1) is 0 Å². The molecule has 0 aliphatic heterocycles. The number of methoxy groups -OCH3 is 1. The van der Waals surface area contributed by atoms with Crippen molar-refractivity contribution in [2.45, 2.75) is 26.2 Å². The van der Waals surface area contributed by atoms with Gasteiger partial charge in [-0.1, -0.05) is 12.1 Å². The molecule has 1 fully saturated rings. The molecule has 1 aliphatic rings. The van der Waals surface area contributed by atoms with Gasteiger partial charge in [0.05, 0.1) is 25.5 Å². The Labute approximate surface area is 170 Å². The summed E-state index contributed by atoms with van der Waals surface area (Å²) in [5.74, 6) is 2.96. The zero-order valence-electron chi connectivity index (χ0n) is 16.9. The summed E-state index contributed by atoms with van der Waals surface area (Å²) >= 11 is 0. The van der Waals surface area contributed by atoms with Gasteiger partial charge in [0.15, 0.2) is 0 Å². The molecule has 2 atom stereocenters. The molecule has 3 aromatic rings. The van der Waals surface area contributed by atoms with Crippen LogP contribution in [-0.4, -0.2) is 33.7 Å². The fourth-order valence-electron chi connectivity index (χ4n) is 3.16. The van der Waals surface area contributed by atoms with Crippen molar-refractivity contribution >= 4 is 12.2 Å². The van der Waals surface area contributed by atoms with E-state index in [0.717, 1.165) is 34.7 Å². The first-order chi connectivity index (χ1) is 14.1. The van der Waals surface area contributed by atoms with Crippen molar-refractivity contribution in [2.75, 3.05) is 13.7 Å². The van der Waals surface area contributed by atoms with Gasteiger partial charge in [-0.05, 0) is 50.1 Å². The number of pyridine rings is 2. The van der Waals surface area contributed by atoms with E-state index in [2.05, 4.69) is 19.9 Å². The van der Waals surface area contributed by atoms with E-state index in [9.17, 15) is 0 Å². The number of nitrogens with zero attached hydrogens (tertiary/aromatic N) is 4. The van der Waals surface area contributed by atoms with E-state index in [-0.39, 0.29) is 0 Å². The van der Waals surface area contributed by atoms with Gasteiger partial charge >= 0.3 is 0 Å². The molecule has 4 rings (SSSR count). The number of hydrogen-bond donors (Lipinski definition) is 0. The van der Waals surface area contributed by atoms with Crippen LogP contribution in [0.5, 0.6) is 11.6 Å². The molecule has 1 saturated carbocycles. The Morgan fingerprint density at radius 3 is 2.62 bits per heavy atom. The molecule has 0 saturated heterocycles. The second-order valence-electron chi connectivity index (χ2n) is 7.28. The molecular weight excluding hydrogens is 364 g/mol. The van der Waals surface area contributed by atoms with Crippen molar-refractivity contribution in [1.82, 2.24) is 19.9 Å². The average Bonchev–Trinajstić information content (AvgIpc) is 3.52. The minimum absolute atomic E-state index is 0.432. The minimum Gasteiger partial charge on any atom is -0.495 e. The number of rotatable bonds is 7. The van der Waals surface area contributed by atoms with Gasteiger partial charge in [-0.25, -0.2) is 4.98 Å². The summed E-state index contributed by atoms with van der Waals surface area (Å²) in [5, 5.41) is 0. The molecule has 6 heteroatoms. The topological polar surface area (TPSA) is 70.0 Å². The number of hydrogen-bond acceptors (Lipinski definition) is 6. The summed E-state index contributed by atoms with van der Waals surface area (Å²) in [6.07, 6.45) is 10.4. The Hall–Kier alpha value is -3.28. The van der Waals surface area contributed by atoms with Crippen LogP contribution in [0.1, 0.15) is 40.7 Å². The molecule has 0 amide bonds. The van der Waals surface area contributed by atoms with Crippen LogP contribution in [0.4, 0.5) is 0 Å². The number of aromatic nitrogens is 4. The first kappa shape index (κ1) is 19.1. The van der Waals surface area contributed by atoms with E-state index < -0.39 is 0 Å². The quantitative estimate of drug-likeness (QED) is 0.603. The van der Waals surface area contributed by atoms with Crippen molar-refractivity contribution in [3.63, 3.8) is 0 Å². The largest absolute Gasteiger partial charge is 0.495 e. The lowest BCUT2D eigenvalue weighted by Gasteiger charge is -2.09. The van der Waals surface area contributed by atoms with E-state index in [1.54, 1.807) is 19.5 Å². The molecule has 148 valence electrons. The van der Waals surface area contributed by atoms with Gasteiger partial charge in [0, 0.05) is 35.6 Å². The Morgan fingerprint density at radius 1 is 1.00 bits per heavy atom. The molecule has 1 unspecified atom stereocenters. The Balaban J connectivity index is 1.41. The fourth-order valence-corrected chi connectivity index (χ4v) is 3.16. The van der Waals surface area contributed by atoms with Gasteiger partial charge in [0.25, 0.3) is 0 Å². The smallest absolute Gasteiger partial charge is 0.224 e. The summed E-state index contributed by atoms with van der Waals surface area (Å²) in [7, 11) is 1.65. The van der Waals surface area contributed by atoms with Gasteiger partial charge < -0.3 is 9.47 Å². The van der Waals surface area contributed by atoms with E-state index in [1.165, 1.54) is 0 Å². The van der Waals surface area contributed by atoms with Gasteiger partial charge in [-0.3, -0.25) is 9.97 Å². The molecule has 1 aliphatic carbocycles. The molecule has 0 spiro atoms. The highest BCUT2D eigenvalue weighted by molar-refractivity contribution is 5.71. The van der Waals surface area contributed by atoms with E-state index in [4.69, 9.17) is 9.47 Å². The summed E-state index contributed by atoms with van der Waals surface area (Å²) in [4.78, 5) is 17.6. The molecule has 3 aromatic heterocycles. The van der Waals surface area contributed by atoms with Crippen molar-refractivity contribution in [2.24, 2.45) is 5.92 Å².